The molecule has 2 aromatic carbocycles. The third-order valence-corrected chi connectivity index (χ3v) is 6.67. The summed E-state index contributed by atoms with van der Waals surface area (Å²) in [6.45, 7) is 5.10. The van der Waals surface area contributed by atoms with E-state index in [1.807, 2.05) is 36.1 Å². The molecule has 1 amide bonds. The van der Waals surface area contributed by atoms with Crippen molar-refractivity contribution in [3.63, 3.8) is 0 Å². The maximum atomic E-state index is 12.5. The number of thiazole rings is 1. The highest BCUT2D eigenvalue weighted by molar-refractivity contribution is 7.98. The third kappa shape index (κ3) is 4.25. The zero-order chi connectivity index (χ0) is 19.5. The first kappa shape index (κ1) is 19.1. The Morgan fingerprint density at radius 1 is 1.14 bits per heavy atom. The molecule has 1 saturated heterocycles. The van der Waals surface area contributed by atoms with E-state index < -0.39 is 0 Å². The molecule has 4 rings (SSSR count). The lowest BCUT2D eigenvalue weighted by molar-refractivity contribution is -0.133. The van der Waals surface area contributed by atoms with Crippen LogP contribution in [0.15, 0.2) is 47.4 Å². The van der Waals surface area contributed by atoms with Crippen molar-refractivity contribution < 1.29 is 9.53 Å². The van der Waals surface area contributed by atoms with Crippen LogP contribution < -0.4 is 9.64 Å². The second-order valence-corrected chi connectivity index (χ2v) is 8.69. The molecule has 0 N–H and O–H groups in total. The number of fused-ring (bicyclic) bond motifs is 1. The number of hydrogen-bond acceptors (Lipinski definition) is 6. The van der Waals surface area contributed by atoms with E-state index in [4.69, 9.17) is 9.72 Å². The van der Waals surface area contributed by atoms with Crippen LogP contribution in [0.25, 0.3) is 10.2 Å². The highest BCUT2D eigenvalue weighted by atomic mass is 32.2. The molecule has 1 fully saturated rings. The lowest BCUT2D eigenvalue weighted by Gasteiger charge is -2.34. The first-order valence-corrected chi connectivity index (χ1v) is 11.3. The average molecular weight is 414 g/mol. The van der Waals surface area contributed by atoms with Gasteiger partial charge >= 0.3 is 0 Å². The van der Waals surface area contributed by atoms with Crippen molar-refractivity contribution in [2.45, 2.75) is 11.8 Å². The summed E-state index contributed by atoms with van der Waals surface area (Å²) in [5, 5.41) is 1.04. The molecule has 0 aliphatic carbocycles. The van der Waals surface area contributed by atoms with Crippen molar-refractivity contribution in [3.8, 4) is 5.75 Å². The second kappa shape index (κ2) is 8.41. The van der Waals surface area contributed by atoms with Crippen molar-refractivity contribution in [1.29, 1.82) is 0 Å². The Balaban J connectivity index is 1.32. The highest BCUT2D eigenvalue weighted by Crippen LogP contribution is 2.32. The number of anilines is 1. The summed E-state index contributed by atoms with van der Waals surface area (Å²) < 4.78 is 6.85. The van der Waals surface area contributed by atoms with Crippen LogP contribution in [0.1, 0.15) is 5.56 Å². The predicted octanol–water partition coefficient (Wildman–Crippen LogP) is 4.05. The van der Waals surface area contributed by atoms with Gasteiger partial charge in [0.15, 0.2) is 11.7 Å². The van der Waals surface area contributed by atoms with Crippen molar-refractivity contribution in [1.82, 2.24) is 9.88 Å². The van der Waals surface area contributed by atoms with E-state index in [1.165, 1.54) is 15.2 Å². The molecule has 0 radical (unpaired) electrons. The number of amides is 1. The minimum Gasteiger partial charge on any atom is -0.484 e. The van der Waals surface area contributed by atoms with E-state index in [0.717, 1.165) is 29.5 Å². The Morgan fingerprint density at radius 2 is 1.89 bits per heavy atom. The predicted molar refractivity (Wildman–Crippen MR) is 117 cm³/mol. The number of piperazine rings is 1. The number of ether oxygens (including phenoxy) is 1. The minimum atomic E-state index is 0.0362. The molecule has 2 heterocycles. The van der Waals surface area contributed by atoms with Crippen LogP contribution in [0.2, 0.25) is 0 Å². The van der Waals surface area contributed by atoms with Gasteiger partial charge in [0.2, 0.25) is 0 Å². The molecule has 0 unspecified atom stereocenters. The average Bonchev–Trinajstić information content (AvgIpc) is 3.16. The van der Waals surface area contributed by atoms with Gasteiger partial charge < -0.3 is 14.5 Å². The first-order valence-electron chi connectivity index (χ1n) is 9.29. The number of thioether (sulfide) groups is 1. The quantitative estimate of drug-likeness (QED) is 0.591. The Morgan fingerprint density at radius 3 is 2.61 bits per heavy atom. The summed E-state index contributed by atoms with van der Waals surface area (Å²) in [4.78, 5) is 22.6. The number of aromatic nitrogens is 1. The summed E-state index contributed by atoms with van der Waals surface area (Å²) in [6, 6.07) is 14.2. The summed E-state index contributed by atoms with van der Waals surface area (Å²) in [5.74, 6) is 0.769. The molecule has 3 aromatic rings. The van der Waals surface area contributed by atoms with Crippen molar-refractivity contribution in [3.05, 3.63) is 48.0 Å². The summed E-state index contributed by atoms with van der Waals surface area (Å²) >= 11 is 3.47. The summed E-state index contributed by atoms with van der Waals surface area (Å²) in [5.41, 5.74) is 2.22. The minimum absolute atomic E-state index is 0.0362. The van der Waals surface area contributed by atoms with Crippen molar-refractivity contribution in [2.75, 3.05) is 43.9 Å². The maximum absolute atomic E-state index is 12.5. The molecule has 0 saturated carbocycles. The van der Waals surface area contributed by atoms with E-state index >= 15 is 0 Å². The fourth-order valence-corrected chi connectivity index (χ4v) is 4.74. The number of rotatable bonds is 5. The molecule has 1 aliphatic rings. The first-order chi connectivity index (χ1) is 13.6. The van der Waals surface area contributed by atoms with Gasteiger partial charge in [-0.25, -0.2) is 4.98 Å². The number of aryl methyl sites for hydroxylation is 1. The monoisotopic (exact) mass is 413 g/mol. The van der Waals surface area contributed by atoms with Gasteiger partial charge in [0, 0.05) is 31.1 Å². The fourth-order valence-electron chi connectivity index (χ4n) is 3.17. The molecular weight excluding hydrogens is 390 g/mol. The van der Waals surface area contributed by atoms with E-state index in [1.54, 1.807) is 23.1 Å². The molecule has 1 aromatic heterocycles. The van der Waals surface area contributed by atoms with Crippen LogP contribution >= 0.6 is 23.1 Å². The number of benzene rings is 2. The second-order valence-electron chi connectivity index (χ2n) is 6.80. The largest absolute Gasteiger partial charge is 0.484 e. The molecule has 0 bridgehead atoms. The molecule has 0 atom stereocenters. The van der Waals surface area contributed by atoms with Crippen molar-refractivity contribution >= 4 is 44.4 Å². The molecule has 5 nitrogen and oxygen atoms in total. The Labute approximate surface area is 173 Å². The molecule has 146 valence electrons. The van der Waals surface area contributed by atoms with Gasteiger partial charge in [-0.1, -0.05) is 29.0 Å². The van der Waals surface area contributed by atoms with Crippen LogP contribution in [0, 0.1) is 6.92 Å². The number of carbonyl (C=O) groups is 1. The van der Waals surface area contributed by atoms with Gasteiger partial charge in [0.25, 0.3) is 5.91 Å². The van der Waals surface area contributed by atoms with E-state index in [-0.39, 0.29) is 12.5 Å². The van der Waals surface area contributed by atoms with Gasteiger partial charge in [-0.05, 0) is 43.5 Å². The molecule has 7 heteroatoms. The zero-order valence-corrected chi connectivity index (χ0v) is 17.7. The number of hydrogen-bond donors (Lipinski definition) is 0. The number of carbonyl (C=O) groups excluding carboxylic acids is 1. The van der Waals surface area contributed by atoms with Crippen LogP contribution in [0.3, 0.4) is 0 Å². The van der Waals surface area contributed by atoms with E-state index in [2.05, 4.69) is 29.4 Å². The zero-order valence-electron chi connectivity index (χ0n) is 16.1. The van der Waals surface area contributed by atoms with E-state index in [9.17, 15) is 4.79 Å². The highest BCUT2D eigenvalue weighted by Gasteiger charge is 2.23. The normalized spacial score (nSPS) is 14.5. The standard InChI is InChI=1S/C21H23N3O2S2/c1-15-3-5-16(6-4-15)26-14-20(25)23-9-11-24(12-10-23)21-22-18-8-7-17(27-2)13-19(18)28-21/h3-8,13H,9-12,14H2,1-2H3. The van der Waals surface area contributed by atoms with Crippen molar-refractivity contribution in [2.24, 2.45) is 0 Å². The maximum Gasteiger partial charge on any atom is 0.260 e. The topological polar surface area (TPSA) is 45.7 Å². The van der Waals surface area contributed by atoms with Crippen LogP contribution in [0.4, 0.5) is 5.13 Å². The number of nitrogens with zero attached hydrogens (tertiary/aromatic N) is 3. The van der Waals surface area contributed by atoms with Crippen LogP contribution in [-0.2, 0) is 4.79 Å². The van der Waals surface area contributed by atoms with Crippen LogP contribution in [-0.4, -0.2) is 54.8 Å². The molecule has 1 aliphatic heterocycles. The van der Waals surface area contributed by atoms with E-state index in [0.29, 0.717) is 13.1 Å². The van der Waals surface area contributed by atoms with Crippen LogP contribution in [0.5, 0.6) is 5.75 Å². The third-order valence-electron chi connectivity index (χ3n) is 4.87. The molecule has 28 heavy (non-hydrogen) atoms. The van der Waals surface area contributed by atoms with Gasteiger partial charge in [-0.3, -0.25) is 4.79 Å². The van der Waals surface area contributed by atoms with Gasteiger partial charge in [-0.2, -0.15) is 0 Å². The summed E-state index contributed by atoms with van der Waals surface area (Å²) in [7, 11) is 0. The van der Waals surface area contributed by atoms with Gasteiger partial charge in [0.1, 0.15) is 5.75 Å². The lowest BCUT2D eigenvalue weighted by atomic mass is 10.2. The Bertz CT molecular complexity index is 963. The Kier molecular flexibility index (Phi) is 5.73. The SMILES string of the molecule is CSc1ccc2nc(N3CCN(C(=O)COc4ccc(C)cc4)CC3)sc2c1. The van der Waals surface area contributed by atoms with Gasteiger partial charge in [-0.15, -0.1) is 11.8 Å². The summed E-state index contributed by atoms with van der Waals surface area (Å²) in [6.07, 6.45) is 2.09. The Hall–Kier alpha value is -2.25. The van der Waals surface area contributed by atoms with Gasteiger partial charge in [0.05, 0.1) is 10.2 Å². The lowest BCUT2D eigenvalue weighted by Crippen LogP contribution is -2.50. The smallest absolute Gasteiger partial charge is 0.260 e. The molecular formula is C21H23N3O2S2. The molecule has 0 spiro atoms. The fraction of sp³-hybridized carbons (Fsp3) is 0.333.